The Morgan fingerprint density at radius 3 is 2.67 bits per heavy atom. The number of epoxide rings is 1. The lowest BCUT2D eigenvalue weighted by Gasteiger charge is -2.22. The fourth-order valence-electron chi connectivity index (χ4n) is 1.33. The zero-order valence-corrected chi connectivity index (χ0v) is 7.59. The van der Waals surface area contributed by atoms with Gasteiger partial charge in [0.1, 0.15) is 17.0 Å². The molecule has 2 aliphatic rings. The first-order valence-corrected chi connectivity index (χ1v) is 4.25. The molecule has 2 heteroatoms. The number of hydrogen-bond donors (Lipinski definition) is 0. The summed E-state index contributed by atoms with van der Waals surface area (Å²) in [5.74, 6) is 0.977. The van der Waals surface area contributed by atoms with E-state index in [0.29, 0.717) is 0 Å². The van der Waals surface area contributed by atoms with E-state index < -0.39 is 0 Å². The molecule has 0 radical (unpaired) electrons. The number of hydrogen-bond acceptors (Lipinski definition) is 2. The van der Waals surface area contributed by atoms with Gasteiger partial charge in [-0.3, -0.25) is 0 Å². The topological polar surface area (TPSA) is 21.8 Å². The van der Waals surface area contributed by atoms with Gasteiger partial charge in [-0.15, -0.1) is 0 Å². The summed E-state index contributed by atoms with van der Waals surface area (Å²) in [7, 11) is 0. The Hall–Kier alpha value is -0.760. The molecule has 1 fully saturated rings. The van der Waals surface area contributed by atoms with Crippen molar-refractivity contribution in [1.82, 2.24) is 0 Å². The maximum absolute atomic E-state index is 5.74. The van der Waals surface area contributed by atoms with Crippen molar-refractivity contribution in [2.45, 2.75) is 31.5 Å². The zero-order valence-electron chi connectivity index (χ0n) is 7.59. The third-order valence-electron chi connectivity index (χ3n) is 2.57. The average Bonchev–Trinajstić information content (AvgIpc) is 2.65. The van der Waals surface area contributed by atoms with Crippen LogP contribution in [0.2, 0.25) is 0 Å². The van der Waals surface area contributed by atoms with Gasteiger partial charge in [-0.25, -0.2) is 0 Å². The second kappa shape index (κ2) is 2.13. The third kappa shape index (κ3) is 1.07. The molecule has 0 saturated carbocycles. The van der Waals surface area contributed by atoms with Crippen molar-refractivity contribution in [2.75, 3.05) is 6.61 Å². The highest BCUT2D eigenvalue weighted by molar-refractivity contribution is 5.23. The second-order valence-electron chi connectivity index (χ2n) is 3.91. The van der Waals surface area contributed by atoms with Crippen LogP contribution < -0.4 is 0 Å². The van der Waals surface area contributed by atoms with Crippen molar-refractivity contribution >= 4 is 0 Å². The van der Waals surface area contributed by atoms with Crippen molar-refractivity contribution in [1.29, 1.82) is 0 Å². The second-order valence-corrected chi connectivity index (χ2v) is 3.91. The van der Waals surface area contributed by atoms with Crippen LogP contribution in [0.1, 0.15) is 20.3 Å². The van der Waals surface area contributed by atoms with Crippen LogP contribution in [0.5, 0.6) is 0 Å². The lowest BCUT2D eigenvalue weighted by atomic mass is 10.0. The molecule has 0 aliphatic carbocycles. The van der Waals surface area contributed by atoms with E-state index in [9.17, 15) is 0 Å². The molecule has 12 heavy (non-hydrogen) atoms. The Bertz CT molecular complexity index is 251. The molecular formula is C10H14O2. The highest BCUT2D eigenvalue weighted by Crippen LogP contribution is 2.42. The van der Waals surface area contributed by atoms with Crippen molar-refractivity contribution in [3.05, 3.63) is 24.5 Å². The van der Waals surface area contributed by atoms with Crippen molar-refractivity contribution < 1.29 is 9.47 Å². The molecule has 0 amide bonds. The number of rotatable bonds is 2. The van der Waals surface area contributed by atoms with Gasteiger partial charge in [0.25, 0.3) is 0 Å². The molecule has 2 rings (SSSR count). The smallest absolute Gasteiger partial charge is 0.145 e. The van der Waals surface area contributed by atoms with E-state index in [1.165, 1.54) is 0 Å². The molecular weight excluding hydrogens is 152 g/mol. The van der Waals surface area contributed by atoms with Gasteiger partial charge in [0.15, 0.2) is 0 Å². The van der Waals surface area contributed by atoms with Gasteiger partial charge in [-0.2, -0.15) is 0 Å². The van der Waals surface area contributed by atoms with Crippen LogP contribution in [-0.4, -0.2) is 17.8 Å². The zero-order chi connectivity index (χ0) is 8.82. The molecule has 2 heterocycles. The molecule has 2 nitrogen and oxygen atoms in total. The van der Waals surface area contributed by atoms with E-state index in [4.69, 9.17) is 9.47 Å². The van der Waals surface area contributed by atoms with Crippen LogP contribution in [-0.2, 0) is 9.47 Å². The van der Waals surface area contributed by atoms with Crippen LogP contribution in [0.25, 0.3) is 0 Å². The summed E-state index contributed by atoms with van der Waals surface area (Å²) in [6, 6.07) is 0. The van der Waals surface area contributed by atoms with E-state index in [1.807, 2.05) is 19.9 Å². The van der Waals surface area contributed by atoms with Crippen LogP contribution in [0, 0.1) is 0 Å². The maximum atomic E-state index is 5.74. The molecule has 0 N–H and O–H groups in total. The Labute approximate surface area is 72.9 Å². The largest absolute Gasteiger partial charge is 0.485 e. The predicted molar refractivity (Wildman–Crippen MR) is 46.7 cm³/mol. The van der Waals surface area contributed by atoms with Gasteiger partial charge >= 0.3 is 0 Å². The normalized spacial score (nSPS) is 45.0. The molecule has 2 atom stereocenters. The van der Waals surface area contributed by atoms with Gasteiger partial charge in [-0.05, 0) is 26.0 Å². The summed E-state index contributed by atoms with van der Waals surface area (Å²) in [5, 5.41) is 0. The Kier molecular flexibility index (Phi) is 1.40. The van der Waals surface area contributed by atoms with Crippen LogP contribution in [0.3, 0.4) is 0 Å². The standard InChI is InChI=1S/C10H14O2/c1-4-9(2)6-5-8(12-9)10(3)7-11-10/h4-5H,1,6-7H2,2-3H3. The summed E-state index contributed by atoms with van der Waals surface area (Å²) in [4.78, 5) is 0. The molecule has 0 spiro atoms. The van der Waals surface area contributed by atoms with E-state index in [0.717, 1.165) is 18.8 Å². The van der Waals surface area contributed by atoms with Crippen molar-refractivity contribution in [2.24, 2.45) is 0 Å². The summed E-state index contributed by atoms with van der Waals surface area (Å²) < 4.78 is 11.0. The van der Waals surface area contributed by atoms with Gasteiger partial charge in [-0.1, -0.05) is 6.58 Å². The molecule has 66 valence electrons. The maximum Gasteiger partial charge on any atom is 0.145 e. The van der Waals surface area contributed by atoms with Gasteiger partial charge < -0.3 is 9.47 Å². The third-order valence-corrected chi connectivity index (χ3v) is 2.57. The van der Waals surface area contributed by atoms with E-state index >= 15 is 0 Å². The summed E-state index contributed by atoms with van der Waals surface area (Å²) >= 11 is 0. The predicted octanol–water partition coefficient (Wildman–Crippen LogP) is 2.02. The monoisotopic (exact) mass is 166 g/mol. The lowest BCUT2D eigenvalue weighted by molar-refractivity contribution is 0.0641. The average molecular weight is 166 g/mol. The number of ether oxygens (including phenoxy) is 2. The first kappa shape index (κ1) is 7.87. The quantitative estimate of drug-likeness (QED) is 0.462. The minimum absolute atomic E-state index is 0.124. The minimum Gasteiger partial charge on any atom is -0.485 e. The molecule has 0 aromatic rings. The highest BCUT2D eigenvalue weighted by atomic mass is 16.6. The van der Waals surface area contributed by atoms with Crippen molar-refractivity contribution in [3.63, 3.8) is 0 Å². The fraction of sp³-hybridized carbons (Fsp3) is 0.600. The molecule has 0 aromatic heterocycles. The van der Waals surface area contributed by atoms with Crippen LogP contribution >= 0.6 is 0 Å². The Morgan fingerprint density at radius 2 is 2.25 bits per heavy atom. The summed E-state index contributed by atoms with van der Waals surface area (Å²) in [6.07, 6.45) is 4.86. The fourth-order valence-corrected chi connectivity index (χ4v) is 1.33. The van der Waals surface area contributed by atoms with E-state index in [2.05, 4.69) is 12.7 Å². The lowest BCUT2D eigenvalue weighted by Crippen LogP contribution is -2.22. The molecule has 2 aliphatic heterocycles. The minimum atomic E-state index is -0.204. The first-order chi connectivity index (χ1) is 5.58. The molecule has 1 saturated heterocycles. The summed E-state index contributed by atoms with van der Waals surface area (Å²) in [6.45, 7) is 8.62. The highest BCUT2D eigenvalue weighted by Gasteiger charge is 2.48. The van der Waals surface area contributed by atoms with E-state index in [-0.39, 0.29) is 11.2 Å². The van der Waals surface area contributed by atoms with E-state index in [1.54, 1.807) is 0 Å². The van der Waals surface area contributed by atoms with Crippen LogP contribution in [0.4, 0.5) is 0 Å². The van der Waals surface area contributed by atoms with Crippen LogP contribution in [0.15, 0.2) is 24.5 Å². The van der Waals surface area contributed by atoms with Gasteiger partial charge in [0, 0.05) is 6.42 Å². The Morgan fingerprint density at radius 1 is 1.58 bits per heavy atom. The molecule has 2 unspecified atom stereocenters. The SMILES string of the molecule is C=CC1(C)CC=C(C2(C)CO2)O1. The first-order valence-electron chi connectivity index (χ1n) is 4.25. The van der Waals surface area contributed by atoms with Gasteiger partial charge in [0.05, 0.1) is 6.61 Å². The molecule has 0 aromatic carbocycles. The summed E-state index contributed by atoms with van der Waals surface area (Å²) in [5.41, 5.74) is -0.328. The van der Waals surface area contributed by atoms with Crippen molar-refractivity contribution in [3.8, 4) is 0 Å². The molecule has 0 bridgehead atoms. The van der Waals surface area contributed by atoms with Gasteiger partial charge in [0.2, 0.25) is 0 Å². The Balaban J connectivity index is 2.10.